The van der Waals surface area contributed by atoms with E-state index in [-0.39, 0.29) is 4.90 Å². The quantitative estimate of drug-likeness (QED) is 0.826. The van der Waals surface area contributed by atoms with Gasteiger partial charge in [0.05, 0.1) is 4.90 Å². The van der Waals surface area contributed by atoms with Gasteiger partial charge >= 0.3 is 0 Å². The lowest BCUT2D eigenvalue weighted by Gasteiger charge is -2.25. The maximum absolute atomic E-state index is 11.5. The average molecular weight is 319 g/mol. The first-order valence-electron chi connectivity index (χ1n) is 7.29. The molecule has 0 atom stereocenters. The summed E-state index contributed by atoms with van der Waals surface area (Å²) in [5, 5.41) is 0. The van der Waals surface area contributed by atoms with E-state index in [1.807, 2.05) is 25.1 Å². The van der Waals surface area contributed by atoms with Gasteiger partial charge in [0.1, 0.15) is 0 Å². The molecule has 0 fully saturated rings. The molecule has 5 heteroatoms. The first kappa shape index (κ1) is 16.5. The molecule has 0 aliphatic heterocycles. The van der Waals surface area contributed by atoms with Gasteiger partial charge in [0.25, 0.3) is 10.1 Å². The summed E-state index contributed by atoms with van der Waals surface area (Å²) in [6.07, 6.45) is 0.946. The molecular formula is C17H21NO3S. The molecule has 0 saturated heterocycles. The summed E-state index contributed by atoms with van der Waals surface area (Å²) in [7, 11) is -4.21. The fraction of sp³-hybridized carbons (Fsp3) is 0.294. The van der Waals surface area contributed by atoms with Crippen molar-refractivity contribution in [1.29, 1.82) is 0 Å². The second kappa shape index (κ2) is 6.94. The maximum Gasteiger partial charge on any atom is 0.294 e. The van der Waals surface area contributed by atoms with Gasteiger partial charge in [-0.15, -0.1) is 0 Å². The Morgan fingerprint density at radius 1 is 1.09 bits per heavy atom. The highest BCUT2D eigenvalue weighted by Crippen LogP contribution is 2.22. The predicted molar refractivity (Wildman–Crippen MR) is 88.8 cm³/mol. The summed E-state index contributed by atoms with van der Waals surface area (Å²) in [5.74, 6) is 0. The molecule has 2 aromatic rings. The molecule has 2 aromatic carbocycles. The second-order valence-corrected chi connectivity index (χ2v) is 6.73. The Morgan fingerprint density at radius 2 is 1.82 bits per heavy atom. The fourth-order valence-corrected chi connectivity index (χ4v) is 3.20. The highest BCUT2D eigenvalue weighted by molar-refractivity contribution is 7.85. The van der Waals surface area contributed by atoms with E-state index in [0.717, 1.165) is 24.2 Å². The molecule has 0 amide bonds. The second-order valence-electron chi connectivity index (χ2n) is 5.34. The third kappa shape index (κ3) is 4.08. The molecule has 0 aromatic heterocycles. The highest BCUT2D eigenvalue weighted by Gasteiger charge is 2.17. The van der Waals surface area contributed by atoms with Crippen LogP contribution in [0.15, 0.2) is 53.4 Å². The van der Waals surface area contributed by atoms with Gasteiger partial charge in [-0.2, -0.15) is 8.42 Å². The molecule has 0 aliphatic carbocycles. The lowest BCUT2D eigenvalue weighted by molar-refractivity contribution is 0.482. The van der Waals surface area contributed by atoms with Gasteiger partial charge in [-0.3, -0.25) is 4.55 Å². The molecule has 0 saturated carbocycles. The van der Waals surface area contributed by atoms with Crippen LogP contribution in [-0.2, 0) is 16.7 Å². The summed E-state index contributed by atoms with van der Waals surface area (Å²) in [6.45, 7) is 5.35. The van der Waals surface area contributed by atoms with Gasteiger partial charge in [0.2, 0.25) is 0 Å². The minimum Gasteiger partial charge on any atom is -0.367 e. The Labute approximate surface area is 132 Å². The van der Waals surface area contributed by atoms with Gasteiger partial charge in [0.15, 0.2) is 0 Å². The SMILES string of the molecule is CCCN(Cc1ccccc1S(=O)(=O)O)c1cccc(C)c1. The zero-order valence-electron chi connectivity index (χ0n) is 12.9. The summed E-state index contributed by atoms with van der Waals surface area (Å²) in [6, 6.07) is 14.7. The number of hydrogen-bond donors (Lipinski definition) is 1. The van der Waals surface area contributed by atoms with Gasteiger partial charge in [-0.05, 0) is 42.7 Å². The predicted octanol–water partition coefficient (Wildman–Crippen LogP) is 3.66. The number of nitrogens with zero attached hydrogens (tertiary/aromatic N) is 1. The topological polar surface area (TPSA) is 57.6 Å². The number of rotatable bonds is 6. The molecule has 0 radical (unpaired) electrons. The van der Waals surface area contributed by atoms with E-state index >= 15 is 0 Å². The smallest absolute Gasteiger partial charge is 0.294 e. The Bertz CT molecular complexity index is 741. The van der Waals surface area contributed by atoms with Gasteiger partial charge < -0.3 is 4.90 Å². The van der Waals surface area contributed by atoms with Crippen LogP contribution in [0, 0.1) is 6.92 Å². The first-order valence-corrected chi connectivity index (χ1v) is 8.73. The van der Waals surface area contributed by atoms with Crippen molar-refractivity contribution in [2.24, 2.45) is 0 Å². The van der Waals surface area contributed by atoms with Crippen molar-refractivity contribution in [3.63, 3.8) is 0 Å². The Balaban J connectivity index is 2.37. The van der Waals surface area contributed by atoms with E-state index in [0.29, 0.717) is 12.1 Å². The molecule has 0 spiro atoms. The molecule has 1 N–H and O–H groups in total. The molecule has 0 aliphatic rings. The minimum atomic E-state index is -4.21. The van der Waals surface area contributed by atoms with Crippen LogP contribution >= 0.6 is 0 Å². The number of anilines is 1. The van der Waals surface area contributed by atoms with E-state index in [2.05, 4.69) is 17.9 Å². The van der Waals surface area contributed by atoms with Crippen molar-refractivity contribution in [1.82, 2.24) is 0 Å². The van der Waals surface area contributed by atoms with Gasteiger partial charge in [0, 0.05) is 18.8 Å². The molecule has 4 nitrogen and oxygen atoms in total. The van der Waals surface area contributed by atoms with E-state index in [1.165, 1.54) is 6.07 Å². The first-order chi connectivity index (χ1) is 10.4. The lowest BCUT2D eigenvalue weighted by atomic mass is 10.1. The largest absolute Gasteiger partial charge is 0.367 e. The lowest BCUT2D eigenvalue weighted by Crippen LogP contribution is -2.24. The maximum atomic E-state index is 11.5. The van der Waals surface area contributed by atoms with Crippen LogP contribution in [0.4, 0.5) is 5.69 Å². The van der Waals surface area contributed by atoms with E-state index in [9.17, 15) is 13.0 Å². The zero-order valence-corrected chi connectivity index (χ0v) is 13.7. The van der Waals surface area contributed by atoms with Crippen LogP contribution < -0.4 is 4.90 Å². The van der Waals surface area contributed by atoms with Crippen LogP contribution in [0.1, 0.15) is 24.5 Å². The van der Waals surface area contributed by atoms with Crippen molar-refractivity contribution in [3.05, 3.63) is 59.7 Å². The van der Waals surface area contributed by atoms with Crippen molar-refractivity contribution in [2.75, 3.05) is 11.4 Å². The Hall–Kier alpha value is -1.85. The molecule has 2 rings (SSSR count). The molecule has 0 heterocycles. The normalized spacial score (nSPS) is 11.4. The number of hydrogen-bond acceptors (Lipinski definition) is 3. The summed E-state index contributed by atoms with van der Waals surface area (Å²) < 4.78 is 32.4. The zero-order chi connectivity index (χ0) is 16.2. The monoisotopic (exact) mass is 319 g/mol. The standard InChI is InChI=1S/C17H21NO3S/c1-3-11-18(16-9-6-7-14(2)12-16)13-15-8-4-5-10-17(15)22(19,20)21/h4-10,12H,3,11,13H2,1-2H3,(H,19,20,21). The van der Waals surface area contributed by atoms with Crippen molar-refractivity contribution in [2.45, 2.75) is 31.7 Å². The van der Waals surface area contributed by atoms with Crippen molar-refractivity contribution in [3.8, 4) is 0 Å². The van der Waals surface area contributed by atoms with Crippen LogP contribution in [0.2, 0.25) is 0 Å². The average Bonchev–Trinajstić information content (AvgIpc) is 2.46. The highest BCUT2D eigenvalue weighted by atomic mass is 32.2. The summed E-state index contributed by atoms with van der Waals surface area (Å²) in [5.41, 5.74) is 2.80. The van der Waals surface area contributed by atoms with Gasteiger partial charge in [-0.25, -0.2) is 0 Å². The minimum absolute atomic E-state index is 0.0243. The van der Waals surface area contributed by atoms with Crippen LogP contribution in [0.3, 0.4) is 0 Å². The molecule has 118 valence electrons. The van der Waals surface area contributed by atoms with Crippen LogP contribution in [0.25, 0.3) is 0 Å². The van der Waals surface area contributed by atoms with Crippen LogP contribution in [-0.4, -0.2) is 19.5 Å². The van der Waals surface area contributed by atoms with Gasteiger partial charge in [-0.1, -0.05) is 37.3 Å². The van der Waals surface area contributed by atoms with Crippen molar-refractivity contribution < 1.29 is 13.0 Å². The Kier molecular flexibility index (Phi) is 5.21. The van der Waals surface area contributed by atoms with E-state index < -0.39 is 10.1 Å². The van der Waals surface area contributed by atoms with E-state index in [4.69, 9.17) is 0 Å². The summed E-state index contributed by atoms with van der Waals surface area (Å²) in [4.78, 5) is 2.10. The molecule has 22 heavy (non-hydrogen) atoms. The van der Waals surface area contributed by atoms with E-state index in [1.54, 1.807) is 18.2 Å². The third-order valence-corrected chi connectivity index (χ3v) is 4.43. The fourth-order valence-electron chi connectivity index (χ4n) is 2.49. The molecular weight excluding hydrogens is 298 g/mol. The number of aryl methyl sites for hydroxylation is 1. The number of benzene rings is 2. The van der Waals surface area contributed by atoms with Crippen LogP contribution in [0.5, 0.6) is 0 Å². The Morgan fingerprint density at radius 3 is 2.45 bits per heavy atom. The summed E-state index contributed by atoms with van der Waals surface area (Å²) >= 11 is 0. The third-order valence-electron chi connectivity index (χ3n) is 3.47. The molecule has 0 unspecified atom stereocenters. The van der Waals surface area contributed by atoms with Crippen molar-refractivity contribution >= 4 is 15.8 Å². The molecule has 0 bridgehead atoms.